The summed E-state index contributed by atoms with van der Waals surface area (Å²) in [6.07, 6.45) is 2.40. The molecule has 0 bridgehead atoms. The fourth-order valence-corrected chi connectivity index (χ4v) is 3.58. The van der Waals surface area contributed by atoms with Crippen molar-refractivity contribution in [2.24, 2.45) is 5.73 Å². The number of nitrogens with one attached hydrogen (secondary N) is 1. The molecule has 4 N–H and O–H groups in total. The first-order chi connectivity index (χ1) is 11.0. The van der Waals surface area contributed by atoms with Crippen molar-refractivity contribution in [3.8, 4) is 17.0 Å². The number of phenols is 1. The number of phenolic OH excluding ortho intramolecular Hbond substituents is 1. The number of pyridine rings is 1. The fourth-order valence-electron chi connectivity index (χ4n) is 2.55. The molecule has 3 rings (SSSR count). The quantitative estimate of drug-likeness (QED) is 0.685. The van der Waals surface area contributed by atoms with Crippen LogP contribution >= 0.6 is 11.3 Å². The van der Waals surface area contributed by atoms with E-state index in [0.29, 0.717) is 17.1 Å². The fraction of sp³-hybridized carbons (Fsp3) is 0.188. The summed E-state index contributed by atoms with van der Waals surface area (Å²) in [5.41, 5.74) is 9.27. The van der Waals surface area contributed by atoms with Crippen LogP contribution in [-0.4, -0.2) is 21.1 Å². The second-order valence-electron chi connectivity index (χ2n) is 5.18. The molecule has 0 atom stereocenters. The maximum atomic E-state index is 11.1. The van der Waals surface area contributed by atoms with E-state index in [1.54, 1.807) is 12.3 Å². The minimum Gasteiger partial charge on any atom is -0.508 e. The minimum atomic E-state index is -0.667. The molecule has 0 saturated carbocycles. The number of thiazole rings is 1. The molecule has 2 amide bonds. The molecule has 2 aromatic heterocycles. The van der Waals surface area contributed by atoms with Gasteiger partial charge in [-0.1, -0.05) is 18.3 Å². The van der Waals surface area contributed by atoms with Gasteiger partial charge in [0.1, 0.15) is 5.75 Å². The molecule has 1 aromatic carbocycles. The highest BCUT2D eigenvalue weighted by molar-refractivity contribution is 7.22. The molecule has 7 heteroatoms. The number of nitrogens with two attached hydrogens (primary N) is 1. The van der Waals surface area contributed by atoms with E-state index in [0.717, 1.165) is 27.1 Å². The first kappa shape index (κ1) is 15.2. The molecule has 0 spiro atoms. The molecule has 0 unspecified atom stereocenters. The number of urea groups is 1. The Bertz CT molecular complexity index is 904. The van der Waals surface area contributed by atoms with Crippen molar-refractivity contribution in [2.75, 3.05) is 5.32 Å². The summed E-state index contributed by atoms with van der Waals surface area (Å²) in [7, 11) is 0. The highest BCUT2D eigenvalue weighted by Gasteiger charge is 2.18. The second kappa shape index (κ2) is 5.85. The van der Waals surface area contributed by atoms with Crippen LogP contribution in [0.5, 0.6) is 5.75 Å². The van der Waals surface area contributed by atoms with Crippen LogP contribution in [0.1, 0.15) is 18.1 Å². The first-order valence-electron chi connectivity index (χ1n) is 7.14. The molecule has 2 heterocycles. The molecule has 0 aliphatic carbocycles. The van der Waals surface area contributed by atoms with Crippen LogP contribution in [-0.2, 0) is 6.42 Å². The zero-order valence-electron chi connectivity index (χ0n) is 12.8. The number of aromatic nitrogens is 2. The lowest BCUT2D eigenvalue weighted by molar-refractivity contribution is 0.259. The molecule has 118 valence electrons. The lowest BCUT2D eigenvalue weighted by Gasteiger charge is -2.11. The Labute approximate surface area is 137 Å². The first-order valence-corrected chi connectivity index (χ1v) is 7.96. The molecule has 0 radical (unpaired) electrons. The minimum absolute atomic E-state index is 0.175. The van der Waals surface area contributed by atoms with Crippen molar-refractivity contribution < 1.29 is 9.90 Å². The van der Waals surface area contributed by atoms with Crippen molar-refractivity contribution >= 4 is 32.7 Å². The molecular formula is C16H16N4O2S. The third kappa shape index (κ3) is 2.83. The molecule has 0 saturated heterocycles. The van der Waals surface area contributed by atoms with Crippen molar-refractivity contribution in [3.63, 3.8) is 0 Å². The number of aryl methyl sites for hydroxylation is 1. The summed E-state index contributed by atoms with van der Waals surface area (Å²) in [5, 5.41) is 13.2. The summed E-state index contributed by atoms with van der Waals surface area (Å²) >= 11 is 1.32. The normalized spacial score (nSPS) is 10.9. The Kier molecular flexibility index (Phi) is 3.87. The highest BCUT2D eigenvalue weighted by Crippen LogP contribution is 2.41. The Morgan fingerprint density at radius 2 is 2.22 bits per heavy atom. The van der Waals surface area contributed by atoms with Crippen molar-refractivity contribution in [2.45, 2.75) is 20.3 Å². The monoisotopic (exact) mass is 328 g/mol. The number of fused-ring (bicyclic) bond motifs is 1. The maximum Gasteiger partial charge on any atom is 0.318 e. The Morgan fingerprint density at radius 3 is 2.87 bits per heavy atom. The van der Waals surface area contributed by atoms with E-state index in [9.17, 15) is 9.90 Å². The number of rotatable bonds is 3. The summed E-state index contributed by atoms with van der Waals surface area (Å²) in [5.74, 6) is 0.175. The van der Waals surface area contributed by atoms with Gasteiger partial charge in [0.05, 0.1) is 15.9 Å². The van der Waals surface area contributed by atoms with Gasteiger partial charge in [-0.3, -0.25) is 10.3 Å². The lowest BCUT2D eigenvalue weighted by Crippen LogP contribution is -2.18. The molecule has 0 fully saturated rings. The third-order valence-corrected chi connectivity index (χ3v) is 4.52. The van der Waals surface area contributed by atoms with Gasteiger partial charge in [-0.25, -0.2) is 9.78 Å². The van der Waals surface area contributed by atoms with Gasteiger partial charge in [0.15, 0.2) is 5.13 Å². The Morgan fingerprint density at radius 1 is 1.43 bits per heavy atom. The zero-order chi connectivity index (χ0) is 16.6. The van der Waals surface area contributed by atoms with Gasteiger partial charge in [-0.15, -0.1) is 0 Å². The Balaban J connectivity index is 2.31. The van der Waals surface area contributed by atoms with Crippen molar-refractivity contribution in [1.29, 1.82) is 0 Å². The smallest absolute Gasteiger partial charge is 0.318 e. The van der Waals surface area contributed by atoms with Gasteiger partial charge >= 0.3 is 6.03 Å². The summed E-state index contributed by atoms with van der Waals surface area (Å²) in [6, 6.07) is 4.82. The van der Waals surface area contributed by atoms with Crippen molar-refractivity contribution in [1.82, 2.24) is 9.97 Å². The van der Waals surface area contributed by atoms with Crippen molar-refractivity contribution in [3.05, 3.63) is 35.5 Å². The van der Waals surface area contributed by atoms with Crippen LogP contribution < -0.4 is 11.1 Å². The average molecular weight is 328 g/mol. The molecule has 3 aromatic rings. The summed E-state index contributed by atoms with van der Waals surface area (Å²) in [4.78, 5) is 19.8. The van der Waals surface area contributed by atoms with E-state index in [-0.39, 0.29) is 5.75 Å². The van der Waals surface area contributed by atoms with Crippen LogP contribution in [0.2, 0.25) is 0 Å². The van der Waals surface area contributed by atoms with Gasteiger partial charge in [0.2, 0.25) is 0 Å². The highest BCUT2D eigenvalue weighted by atomic mass is 32.1. The van der Waals surface area contributed by atoms with Crippen LogP contribution in [0.15, 0.2) is 24.4 Å². The molecule has 23 heavy (non-hydrogen) atoms. The number of anilines is 1. The lowest BCUT2D eigenvalue weighted by atomic mass is 9.99. The number of carbonyl (C=O) groups is 1. The van der Waals surface area contributed by atoms with E-state index in [4.69, 9.17) is 5.73 Å². The standard InChI is InChI=1S/C16H16N4O2S/c1-3-9-12(21)7-11-14(23-16(19-11)20-15(17)22)13(9)10-6-8(2)4-5-18-10/h4-7,21H,3H2,1-2H3,(H3,17,19,20,22). The summed E-state index contributed by atoms with van der Waals surface area (Å²) in [6.45, 7) is 3.97. The molecule has 6 nitrogen and oxygen atoms in total. The predicted octanol–water partition coefficient (Wildman–Crippen LogP) is 3.43. The average Bonchev–Trinajstić information content (AvgIpc) is 2.86. The topological polar surface area (TPSA) is 101 Å². The predicted molar refractivity (Wildman–Crippen MR) is 91.8 cm³/mol. The van der Waals surface area contributed by atoms with Gasteiger partial charge in [0.25, 0.3) is 0 Å². The SMILES string of the molecule is CCc1c(O)cc2nc(NC(N)=O)sc2c1-c1cc(C)ccn1. The largest absolute Gasteiger partial charge is 0.508 e. The van der Waals surface area contributed by atoms with Gasteiger partial charge in [-0.2, -0.15) is 0 Å². The van der Waals surface area contributed by atoms with Crippen LogP contribution in [0, 0.1) is 6.92 Å². The van der Waals surface area contributed by atoms with E-state index in [1.807, 2.05) is 26.0 Å². The molecule has 0 aliphatic rings. The van der Waals surface area contributed by atoms with Crippen LogP contribution in [0.25, 0.3) is 21.5 Å². The molecular weight excluding hydrogens is 312 g/mol. The number of nitrogens with zero attached hydrogens (tertiary/aromatic N) is 2. The number of amides is 2. The Hall–Kier alpha value is -2.67. The molecule has 0 aliphatic heterocycles. The zero-order valence-corrected chi connectivity index (χ0v) is 13.6. The number of primary amides is 1. The second-order valence-corrected chi connectivity index (χ2v) is 6.18. The van der Waals surface area contributed by atoms with E-state index in [1.165, 1.54) is 11.3 Å². The van der Waals surface area contributed by atoms with E-state index < -0.39 is 6.03 Å². The number of benzene rings is 1. The van der Waals surface area contributed by atoms with Gasteiger partial charge in [0, 0.05) is 23.4 Å². The number of aromatic hydroxyl groups is 1. The third-order valence-electron chi connectivity index (χ3n) is 3.52. The van der Waals surface area contributed by atoms with Gasteiger partial charge in [-0.05, 0) is 31.0 Å². The van der Waals surface area contributed by atoms with E-state index in [2.05, 4.69) is 15.3 Å². The van der Waals surface area contributed by atoms with Crippen LogP contribution in [0.3, 0.4) is 0 Å². The maximum absolute atomic E-state index is 11.1. The van der Waals surface area contributed by atoms with Crippen LogP contribution in [0.4, 0.5) is 9.93 Å². The van der Waals surface area contributed by atoms with Gasteiger partial charge < -0.3 is 10.8 Å². The van der Waals surface area contributed by atoms with E-state index >= 15 is 0 Å². The number of carbonyl (C=O) groups excluding carboxylic acids is 1. The number of hydrogen-bond acceptors (Lipinski definition) is 5. The number of hydrogen-bond donors (Lipinski definition) is 3. The summed E-state index contributed by atoms with van der Waals surface area (Å²) < 4.78 is 0.862.